The van der Waals surface area contributed by atoms with E-state index in [2.05, 4.69) is 36.7 Å². The van der Waals surface area contributed by atoms with Crippen molar-refractivity contribution >= 4 is 27.7 Å². The van der Waals surface area contributed by atoms with Crippen molar-refractivity contribution in [3.05, 3.63) is 46.0 Å². The Bertz CT molecular complexity index is 771. The highest BCUT2D eigenvalue weighted by Gasteiger charge is 2.23. The largest absolute Gasteiger partial charge is 0.350 e. The lowest BCUT2D eigenvalue weighted by Crippen LogP contribution is -2.35. The summed E-state index contributed by atoms with van der Waals surface area (Å²) < 4.78 is 5.80. The second kappa shape index (κ2) is 8.93. The van der Waals surface area contributed by atoms with Crippen molar-refractivity contribution in [3.63, 3.8) is 0 Å². The van der Waals surface area contributed by atoms with Gasteiger partial charge in [0.2, 0.25) is 0 Å². The van der Waals surface area contributed by atoms with Crippen LogP contribution in [0.5, 0.6) is 0 Å². The fraction of sp³-hybridized carbons (Fsp3) is 0.444. The van der Waals surface area contributed by atoms with Crippen LogP contribution in [-0.2, 0) is 0 Å². The third-order valence-electron chi connectivity index (χ3n) is 4.42. The third kappa shape index (κ3) is 4.69. The quantitative estimate of drug-likeness (QED) is 0.699. The zero-order chi connectivity index (χ0) is 18.4. The van der Waals surface area contributed by atoms with Crippen LogP contribution in [-0.4, -0.2) is 35.0 Å². The Morgan fingerprint density at radius 1 is 1.08 bits per heavy atom. The molecular weight excluding hydrogens is 400 g/mol. The molecule has 0 saturated heterocycles. The molecule has 0 unspecified atom stereocenters. The highest BCUT2D eigenvalue weighted by atomic mass is 79.9. The van der Waals surface area contributed by atoms with Crippen LogP contribution in [0.25, 0.3) is 0 Å². The molecule has 1 fully saturated rings. The first-order valence-electron chi connectivity index (χ1n) is 8.79. The molecule has 0 aliphatic heterocycles. The van der Waals surface area contributed by atoms with Gasteiger partial charge in [0.15, 0.2) is 5.82 Å². The van der Waals surface area contributed by atoms with E-state index < -0.39 is 5.91 Å². The molecule has 0 bridgehead atoms. The van der Waals surface area contributed by atoms with Gasteiger partial charge in [0.05, 0.1) is 5.56 Å². The van der Waals surface area contributed by atoms with Crippen LogP contribution >= 0.6 is 15.9 Å². The molecule has 1 saturated carbocycles. The summed E-state index contributed by atoms with van der Waals surface area (Å²) in [6.45, 7) is 0.575. The van der Waals surface area contributed by atoms with Crippen LogP contribution in [0, 0.1) is 0 Å². The van der Waals surface area contributed by atoms with Crippen molar-refractivity contribution in [2.24, 2.45) is 0 Å². The van der Waals surface area contributed by atoms with E-state index in [1.165, 1.54) is 6.42 Å². The van der Waals surface area contributed by atoms with Crippen molar-refractivity contribution in [1.82, 2.24) is 20.8 Å². The minimum absolute atomic E-state index is 0.0253. The summed E-state index contributed by atoms with van der Waals surface area (Å²) in [5.41, 5.74) is 0.549. The van der Waals surface area contributed by atoms with Gasteiger partial charge in [-0.2, -0.15) is 4.98 Å². The van der Waals surface area contributed by atoms with E-state index in [0.29, 0.717) is 17.9 Å². The lowest BCUT2D eigenvalue weighted by molar-refractivity contribution is 0.0898. The molecule has 2 N–H and O–H groups in total. The number of benzene rings is 1. The molecule has 1 aliphatic carbocycles. The van der Waals surface area contributed by atoms with Gasteiger partial charge in [-0.25, -0.2) is 0 Å². The number of amides is 2. The number of carbonyl (C=O) groups is 2. The normalized spacial score (nSPS) is 14.8. The van der Waals surface area contributed by atoms with E-state index in [1.807, 2.05) is 6.07 Å². The summed E-state index contributed by atoms with van der Waals surface area (Å²) in [6.07, 6.45) is 5.66. The zero-order valence-electron chi connectivity index (χ0n) is 14.3. The fourth-order valence-corrected chi connectivity index (χ4v) is 3.49. The predicted molar refractivity (Wildman–Crippen MR) is 98.9 cm³/mol. The number of nitrogens with one attached hydrogen (secondary N) is 2. The molecule has 1 aromatic carbocycles. The molecule has 1 heterocycles. The summed E-state index contributed by atoms with van der Waals surface area (Å²) in [5.74, 6) is 0.260. The molecule has 2 amide bonds. The Labute approximate surface area is 160 Å². The van der Waals surface area contributed by atoms with Gasteiger partial charge in [-0.05, 0) is 40.9 Å². The molecule has 0 atom stereocenters. The van der Waals surface area contributed by atoms with E-state index in [1.54, 1.807) is 18.2 Å². The summed E-state index contributed by atoms with van der Waals surface area (Å²) in [7, 11) is 0. The van der Waals surface area contributed by atoms with Crippen LogP contribution in [0.15, 0.2) is 33.3 Å². The second-order valence-electron chi connectivity index (χ2n) is 6.28. The third-order valence-corrected chi connectivity index (χ3v) is 5.11. The van der Waals surface area contributed by atoms with Crippen LogP contribution < -0.4 is 10.6 Å². The molecule has 3 rings (SSSR count). The highest BCUT2D eigenvalue weighted by Crippen LogP contribution is 2.30. The number of carbonyl (C=O) groups excluding carboxylic acids is 2. The molecule has 8 heteroatoms. The Hall–Kier alpha value is -2.22. The zero-order valence-corrected chi connectivity index (χ0v) is 15.9. The number of hydrogen-bond acceptors (Lipinski definition) is 5. The minimum Gasteiger partial charge on any atom is -0.350 e. The van der Waals surface area contributed by atoms with Gasteiger partial charge < -0.3 is 15.2 Å². The van der Waals surface area contributed by atoms with Crippen molar-refractivity contribution in [2.75, 3.05) is 13.1 Å². The average Bonchev–Trinajstić information content (AvgIpc) is 3.16. The summed E-state index contributed by atoms with van der Waals surface area (Å²) >= 11 is 3.34. The number of rotatable bonds is 6. The molecule has 2 aromatic rings. The summed E-state index contributed by atoms with van der Waals surface area (Å²) in [4.78, 5) is 28.4. The molecule has 7 nitrogen and oxygen atoms in total. The van der Waals surface area contributed by atoms with Gasteiger partial charge in [-0.1, -0.05) is 36.6 Å². The Morgan fingerprint density at radius 3 is 2.50 bits per heavy atom. The van der Waals surface area contributed by atoms with Crippen LogP contribution in [0.3, 0.4) is 0 Å². The maximum absolute atomic E-state index is 12.1. The number of nitrogens with zero attached hydrogens (tertiary/aromatic N) is 2. The van der Waals surface area contributed by atoms with E-state index >= 15 is 0 Å². The van der Waals surface area contributed by atoms with E-state index in [-0.39, 0.29) is 24.3 Å². The smallest absolute Gasteiger partial charge is 0.315 e. The van der Waals surface area contributed by atoms with Crippen LogP contribution in [0.4, 0.5) is 0 Å². The first kappa shape index (κ1) is 18.6. The Kier molecular flexibility index (Phi) is 6.38. The SMILES string of the molecule is O=C(NCCNC(=O)c1ccccc1Br)c1nc(C2CCCCC2)no1. The first-order valence-corrected chi connectivity index (χ1v) is 9.59. The standard InChI is InChI=1S/C18H21BrN4O3/c19-14-9-5-4-8-13(14)16(24)20-10-11-21-17(25)18-22-15(23-26-18)12-6-2-1-3-7-12/h4-5,8-9,12H,1-3,6-7,10-11H2,(H,20,24)(H,21,25). The van der Waals surface area contributed by atoms with E-state index in [9.17, 15) is 9.59 Å². The molecule has 1 aliphatic rings. The lowest BCUT2D eigenvalue weighted by atomic mass is 9.89. The molecule has 0 radical (unpaired) electrons. The second-order valence-corrected chi connectivity index (χ2v) is 7.14. The molecule has 1 aromatic heterocycles. The fourth-order valence-electron chi connectivity index (χ4n) is 3.02. The monoisotopic (exact) mass is 420 g/mol. The topological polar surface area (TPSA) is 97.1 Å². The van der Waals surface area contributed by atoms with Crippen molar-refractivity contribution in [2.45, 2.75) is 38.0 Å². The molecule has 0 spiro atoms. The van der Waals surface area contributed by atoms with E-state index in [4.69, 9.17) is 4.52 Å². The summed E-state index contributed by atoms with van der Waals surface area (Å²) in [5, 5.41) is 9.37. The van der Waals surface area contributed by atoms with E-state index in [0.717, 1.165) is 30.2 Å². The molecular formula is C18H21BrN4O3. The van der Waals surface area contributed by atoms with Crippen LogP contribution in [0.2, 0.25) is 0 Å². The van der Waals surface area contributed by atoms with Gasteiger partial charge in [0, 0.05) is 23.5 Å². The minimum atomic E-state index is -0.422. The van der Waals surface area contributed by atoms with Gasteiger partial charge >= 0.3 is 11.8 Å². The van der Waals surface area contributed by atoms with Crippen molar-refractivity contribution < 1.29 is 14.1 Å². The highest BCUT2D eigenvalue weighted by molar-refractivity contribution is 9.10. The Balaban J connectivity index is 1.43. The number of hydrogen-bond donors (Lipinski definition) is 2. The van der Waals surface area contributed by atoms with Gasteiger partial charge in [0.25, 0.3) is 5.91 Å². The van der Waals surface area contributed by atoms with Gasteiger partial charge in [-0.3, -0.25) is 9.59 Å². The van der Waals surface area contributed by atoms with Crippen molar-refractivity contribution in [3.8, 4) is 0 Å². The first-order chi connectivity index (χ1) is 12.6. The van der Waals surface area contributed by atoms with Gasteiger partial charge in [0.1, 0.15) is 0 Å². The predicted octanol–water partition coefficient (Wildman–Crippen LogP) is 3.04. The maximum Gasteiger partial charge on any atom is 0.315 e. The summed E-state index contributed by atoms with van der Waals surface area (Å²) in [6, 6.07) is 7.16. The lowest BCUT2D eigenvalue weighted by Gasteiger charge is -2.17. The Morgan fingerprint density at radius 2 is 1.77 bits per heavy atom. The van der Waals surface area contributed by atoms with Crippen LogP contribution in [0.1, 0.15) is 64.9 Å². The number of aromatic nitrogens is 2. The molecule has 138 valence electrons. The van der Waals surface area contributed by atoms with Gasteiger partial charge in [-0.15, -0.1) is 0 Å². The average molecular weight is 421 g/mol. The number of halogens is 1. The van der Waals surface area contributed by atoms with Crippen molar-refractivity contribution in [1.29, 1.82) is 0 Å². The maximum atomic E-state index is 12.1. The molecule has 26 heavy (non-hydrogen) atoms.